The number of para-hydroxylation sites is 1. The minimum Gasteiger partial charge on any atom is -0.481 e. The van der Waals surface area contributed by atoms with Crippen LogP contribution in [0.25, 0.3) is 10.9 Å². The number of carbonyl (C=O) groups is 6. The zero-order valence-corrected chi connectivity index (χ0v) is 27.9. The second-order valence-electron chi connectivity index (χ2n) is 12.6. The van der Waals surface area contributed by atoms with E-state index in [9.17, 15) is 33.9 Å². The molecule has 2 atom stereocenters. The first-order valence-electron chi connectivity index (χ1n) is 17.0. The van der Waals surface area contributed by atoms with E-state index in [-0.39, 0.29) is 86.0 Å². The summed E-state index contributed by atoms with van der Waals surface area (Å²) in [5, 5.41) is 15.9. The summed E-state index contributed by atoms with van der Waals surface area (Å²) in [6.45, 7) is 4.33. The van der Waals surface area contributed by atoms with Gasteiger partial charge in [-0.15, -0.1) is 0 Å². The Morgan fingerprint density at radius 2 is 1.78 bits per heavy atom. The number of likely N-dealkylation sites (tertiary alicyclic amines) is 1. The number of hydrogen-bond donors (Lipinski definition) is 3. The van der Waals surface area contributed by atoms with E-state index in [2.05, 4.69) is 15.6 Å². The van der Waals surface area contributed by atoms with Gasteiger partial charge in [-0.3, -0.25) is 14.4 Å². The van der Waals surface area contributed by atoms with Gasteiger partial charge in [-0.25, -0.2) is 19.4 Å². The number of nitrogens with zero attached hydrogens (tertiary/aromatic N) is 4. The molecule has 2 aromatic rings. The quantitative estimate of drug-likeness (QED) is 0.293. The molecule has 3 aliphatic heterocycles. The van der Waals surface area contributed by atoms with Crippen LogP contribution in [0.5, 0.6) is 5.75 Å². The standard InChI is InChI=1S/C34H44N6O9/c1-2-48-34(47)39-18-16-38(17-19-39)33(46)26(10-11-31(43)44)37-32(45)27-21-28(24-7-3-4-8-25(24)36-27)49-22-30(42)40(20-6-5-9-29(40)41)23-12-14-35-15-13-23/h3-4,7-8,21,23,26,35H,2,5-6,9-20,22H2,1H3,(H-,37,43,44,45)/p+1/t26?,40-/m0/s1. The Balaban J connectivity index is 1.34. The molecule has 1 unspecified atom stereocenters. The second kappa shape index (κ2) is 16.2. The number of benzene rings is 1. The zero-order chi connectivity index (χ0) is 35.0. The van der Waals surface area contributed by atoms with E-state index in [4.69, 9.17) is 9.47 Å². The normalized spacial score (nSPS) is 20.8. The van der Waals surface area contributed by atoms with Crippen LogP contribution in [0.3, 0.4) is 0 Å². The minimum absolute atomic E-state index is 0.0780. The molecule has 264 valence electrons. The topological polar surface area (TPSA) is 185 Å². The van der Waals surface area contributed by atoms with Gasteiger partial charge in [0.2, 0.25) is 12.5 Å². The number of imide groups is 1. The van der Waals surface area contributed by atoms with Crippen molar-refractivity contribution in [3.63, 3.8) is 0 Å². The Morgan fingerprint density at radius 1 is 1.06 bits per heavy atom. The maximum absolute atomic E-state index is 13.9. The average Bonchev–Trinajstić information content (AvgIpc) is 3.12. The van der Waals surface area contributed by atoms with Crippen molar-refractivity contribution in [2.75, 3.05) is 59.0 Å². The van der Waals surface area contributed by atoms with Crippen molar-refractivity contribution in [2.24, 2.45) is 0 Å². The summed E-state index contributed by atoms with van der Waals surface area (Å²) in [5.41, 5.74) is 0.329. The Hall–Kier alpha value is -4.63. The number of rotatable bonds is 11. The van der Waals surface area contributed by atoms with Gasteiger partial charge in [-0.2, -0.15) is 4.48 Å². The van der Waals surface area contributed by atoms with Crippen LogP contribution in [0, 0.1) is 0 Å². The van der Waals surface area contributed by atoms with E-state index in [1.54, 1.807) is 31.2 Å². The van der Waals surface area contributed by atoms with Crippen LogP contribution in [0.4, 0.5) is 4.79 Å². The largest absolute Gasteiger partial charge is 0.481 e. The minimum atomic E-state index is -1.17. The van der Waals surface area contributed by atoms with Crippen LogP contribution in [-0.2, 0) is 23.9 Å². The number of fused-ring (bicyclic) bond motifs is 1. The number of hydrogen-bond acceptors (Lipinski definition) is 10. The highest BCUT2D eigenvalue weighted by Gasteiger charge is 2.51. The Kier molecular flexibility index (Phi) is 11.8. The van der Waals surface area contributed by atoms with Crippen molar-refractivity contribution in [1.82, 2.24) is 25.4 Å². The second-order valence-corrected chi connectivity index (χ2v) is 12.6. The van der Waals surface area contributed by atoms with Crippen molar-refractivity contribution in [2.45, 2.75) is 64.0 Å². The number of carboxylic acids is 1. The Labute approximate surface area is 284 Å². The summed E-state index contributed by atoms with van der Waals surface area (Å²) in [4.78, 5) is 85.5. The first-order valence-corrected chi connectivity index (χ1v) is 17.0. The van der Waals surface area contributed by atoms with Crippen LogP contribution in [0.15, 0.2) is 30.3 Å². The molecular formula is C34H45N6O9+. The molecule has 1 aromatic heterocycles. The summed E-state index contributed by atoms with van der Waals surface area (Å²) in [5.74, 6) is -2.49. The van der Waals surface area contributed by atoms with Gasteiger partial charge >= 0.3 is 23.9 Å². The first kappa shape index (κ1) is 35.7. The first-order chi connectivity index (χ1) is 23.6. The predicted octanol–water partition coefficient (Wildman–Crippen LogP) is 1.68. The molecule has 3 aliphatic rings. The van der Waals surface area contributed by atoms with Crippen LogP contribution < -0.4 is 15.4 Å². The average molecular weight is 682 g/mol. The Bertz CT molecular complexity index is 1570. The van der Waals surface area contributed by atoms with Crippen LogP contribution in [0.2, 0.25) is 0 Å². The van der Waals surface area contributed by atoms with E-state index >= 15 is 0 Å². The Morgan fingerprint density at radius 3 is 2.47 bits per heavy atom. The van der Waals surface area contributed by atoms with Crippen LogP contribution in [-0.4, -0.2) is 131 Å². The maximum atomic E-state index is 13.9. The number of quaternary nitrogens is 1. The predicted molar refractivity (Wildman–Crippen MR) is 175 cm³/mol. The molecule has 0 bridgehead atoms. The summed E-state index contributed by atoms with van der Waals surface area (Å²) in [7, 11) is 0. The SMILES string of the molecule is CCOC(=O)N1CCN(C(=O)C(CCC(=O)O)NC(=O)c2cc(OCC(=O)[N@+]3(C4CCNCC4)CCCCC3=O)c3ccccc3n2)CC1. The number of piperidine rings is 2. The highest BCUT2D eigenvalue weighted by Crippen LogP contribution is 2.31. The van der Waals surface area contributed by atoms with Crippen molar-refractivity contribution in [1.29, 1.82) is 0 Å². The lowest BCUT2D eigenvalue weighted by atomic mass is 9.95. The lowest BCUT2D eigenvalue weighted by molar-refractivity contribution is -0.811. The molecule has 3 fully saturated rings. The molecule has 0 radical (unpaired) electrons. The maximum Gasteiger partial charge on any atom is 0.409 e. The molecule has 0 spiro atoms. The molecule has 5 amide bonds. The fourth-order valence-electron chi connectivity index (χ4n) is 7.00. The van der Waals surface area contributed by atoms with Gasteiger partial charge in [0.05, 0.1) is 25.1 Å². The fourth-order valence-corrected chi connectivity index (χ4v) is 7.00. The van der Waals surface area contributed by atoms with Gasteiger partial charge in [0.25, 0.3) is 5.91 Å². The highest BCUT2D eigenvalue weighted by molar-refractivity contribution is 5.99. The number of carboxylic acid groups (broad SMARTS) is 1. The molecule has 5 rings (SSSR count). The molecule has 0 aliphatic carbocycles. The van der Waals surface area contributed by atoms with E-state index in [0.717, 1.165) is 25.9 Å². The summed E-state index contributed by atoms with van der Waals surface area (Å²) >= 11 is 0. The molecule has 49 heavy (non-hydrogen) atoms. The molecule has 15 nitrogen and oxygen atoms in total. The third-order valence-corrected chi connectivity index (χ3v) is 9.60. The van der Waals surface area contributed by atoms with E-state index < -0.39 is 29.9 Å². The van der Waals surface area contributed by atoms with E-state index in [1.807, 2.05) is 0 Å². The monoisotopic (exact) mass is 681 g/mol. The molecular weight excluding hydrogens is 636 g/mol. The van der Waals surface area contributed by atoms with E-state index in [0.29, 0.717) is 36.7 Å². The highest BCUT2D eigenvalue weighted by atomic mass is 16.6. The van der Waals surface area contributed by atoms with Crippen molar-refractivity contribution >= 4 is 46.6 Å². The molecule has 4 heterocycles. The zero-order valence-electron chi connectivity index (χ0n) is 27.9. The third kappa shape index (κ3) is 8.16. The molecule has 3 N–H and O–H groups in total. The number of nitrogens with one attached hydrogen (secondary N) is 2. The van der Waals surface area contributed by atoms with Gasteiger partial charge in [0.15, 0.2) is 0 Å². The van der Waals surface area contributed by atoms with Crippen molar-refractivity contribution < 1.29 is 47.8 Å². The summed E-state index contributed by atoms with van der Waals surface area (Å²) in [6.07, 6.45) is 2.30. The number of pyridine rings is 1. The lowest BCUT2D eigenvalue weighted by Gasteiger charge is -2.43. The van der Waals surface area contributed by atoms with Gasteiger partial charge in [0, 0.05) is 70.0 Å². The van der Waals surface area contributed by atoms with Crippen LogP contribution >= 0.6 is 0 Å². The molecule has 1 aromatic carbocycles. The third-order valence-electron chi connectivity index (χ3n) is 9.60. The number of ether oxygens (including phenoxy) is 2. The van der Waals surface area contributed by atoms with Crippen molar-refractivity contribution in [3.8, 4) is 5.75 Å². The van der Waals surface area contributed by atoms with Gasteiger partial charge in [0.1, 0.15) is 23.5 Å². The number of aliphatic carboxylic acids is 1. The number of aromatic nitrogens is 1. The molecule has 0 saturated carbocycles. The smallest absolute Gasteiger partial charge is 0.409 e. The van der Waals surface area contributed by atoms with Crippen LogP contribution in [0.1, 0.15) is 62.4 Å². The molecule has 3 saturated heterocycles. The fraction of sp³-hybridized carbons (Fsp3) is 0.559. The molecule has 15 heteroatoms. The summed E-state index contributed by atoms with van der Waals surface area (Å²) in [6, 6.07) is 7.07. The lowest BCUT2D eigenvalue weighted by Crippen LogP contribution is -2.67. The number of piperazine rings is 1. The summed E-state index contributed by atoms with van der Waals surface area (Å²) < 4.78 is 10.9. The van der Waals surface area contributed by atoms with Gasteiger partial charge in [-0.05, 0) is 38.3 Å². The number of amides is 5. The van der Waals surface area contributed by atoms with Gasteiger partial charge in [-0.1, -0.05) is 12.1 Å². The number of carbonyl (C=O) groups excluding carboxylic acids is 5. The van der Waals surface area contributed by atoms with Crippen molar-refractivity contribution in [3.05, 3.63) is 36.0 Å². The van der Waals surface area contributed by atoms with E-state index in [1.165, 1.54) is 15.9 Å². The van der Waals surface area contributed by atoms with Gasteiger partial charge < -0.3 is 35.0 Å².